The van der Waals surface area contributed by atoms with Gasteiger partial charge in [0, 0.05) is 9.85 Å². The van der Waals surface area contributed by atoms with Crippen molar-refractivity contribution in [2.75, 3.05) is 11.9 Å². The fourth-order valence-electron chi connectivity index (χ4n) is 2.15. The summed E-state index contributed by atoms with van der Waals surface area (Å²) < 4.78 is 12.3. The second kappa shape index (κ2) is 5.16. The molecule has 2 aromatic heterocycles. The van der Waals surface area contributed by atoms with Crippen LogP contribution in [0.4, 0.5) is 5.69 Å². The molecule has 0 amide bonds. The molecule has 0 saturated carbocycles. The van der Waals surface area contributed by atoms with Crippen LogP contribution in [0.15, 0.2) is 44.7 Å². The van der Waals surface area contributed by atoms with E-state index in [0.717, 1.165) is 20.8 Å². The number of halogens is 1. The maximum absolute atomic E-state index is 5.91. The van der Waals surface area contributed by atoms with Crippen molar-refractivity contribution in [3.05, 3.63) is 46.1 Å². The second-order valence-electron chi connectivity index (χ2n) is 4.57. The van der Waals surface area contributed by atoms with Crippen molar-refractivity contribution in [1.29, 1.82) is 0 Å². The van der Waals surface area contributed by atoms with Crippen molar-refractivity contribution in [1.82, 2.24) is 10.1 Å². The molecule has 4 rings (SSSR count). The summed E-state index contributed by atoms with van der Waals surface area (Å²) >= 11 is 4.98. The van der Waals surface area contributed by atoms with Crippen molar-refractivity contribution in [3.63, 3.8) is 0 Å². The standard InChI is InChI=1S/C14H10BrN3O2S/c15-8-5-12(21-7-8)13-17-14(20-18-13)11-6-16-9-3-1-2-4-10(9)19-11/h1-5,7,11,16H,6H2. The van der Waals surface area contributed by atoms with E-state index in [9.17, 15) is 0 Å². The summed E-state index contributed by atoms with van der Waals surface area (Å²) in [6, 6.07) is 9.77. The zero-order valence-electron chi connectivity index (χ0n) is 10.7. The number of para-hydroxylation sites is 2. The van der Waals surface area contributed by atoms with Gasteiger partial charge in [-0.05, 0) is 34.1 Å². The van der Waals surface area contributed by atoms with E-state index in [2.05, 4.69) is 31.4 Å². The van der Waals surface area contributed by atoms with Crippen molar-refractivity contribution in [2.45, 2.75) is 6.10 Å². The molecule has 0 fully saturated rings. The Morgan fingerprint density at radius 2 is 2.24 bits per heavy atom. The Morgan fingerprint density at radius 1 is 1.33 bits per heavy atom. The molecule has 0 radical (unpaired) electrons. The molecule has 1 unspecified atom stereocenters. The van der Waals surface area contributed by atoms with Crippen molar-refractivity contribution < 1.29 is 9.26 Å². The number of thiophene rings is 1. The molecule has 7 heteroatoms. The summed E-state index contributed by atoms with van der Waals surface area (Å²) in [6.45, 7) is 0.604. The highest BCUT2D eigenvalue weighted by Crippen LogP contribution is 2.34. The number of nitrogens with zero attached hydrogens (tertiary/aromatic N) is 2. The van der Waals surface area contributed by atoms with Gasteiger partial charge in [-0.25, -0.2) is 0 Å². The van der Waals surface area contributed by atoms with Crippen LogP contribution < -0.4 is 10.1 Å². The van der Waals surface area contributed by atoms with Gasteiger partial charge in [-0.15, -0.1) is 11.3 Å². The molecule has 106 valence electrons. The van der Waals surface area contributed by atoms with E-state index in [4.69, 9.17) is 9.26 Å². The first-order valence-corrected chi connectivity index (χ1v) is 8.04. The van der Waals surface area contributed by atoms with Crippen LogP contribution in [0.2, 0.25) is 0 Å². The molecular formula is C14H10BrN3O2S. The zero-order chi connectivity index (χ0) is 14.2. The first-order valence-electron chi connectivity index (χ1n) is 6.37. The van der Waals surface area contributed by atoms with Gasteiger partial charge in [0.05, 0.1) is 17.1 Å². The smallest absolute Gasteiger partial charge is 0.269 e. The van der Waals surface area contributed by atoms with Gasteiger partial charge in [-0.3, -0.25) is 0 Å². The maximum atomic E-state index is 5.91. The average Bonchev–Trinajstić information content (AvgIpc) is 3.15. The van der Waals surface area contributed by atoms with E-state index in [1.54, 1.807) is 11.3 Å². The van der Waals surface area contributed by atoms with Crippen molar-refractivity contribution in [2.24, 2.45) is 0 Å². The molecule has 0 spiro atoms. The number of rotatable bonds is 2. The Hall–Kier alpha value is -1.86. The van der Waals surface area contributed by atoms with Crippen LogP contribution in [0, 0.1) is 0 Å². The van der Waals surface area contributed by atoms with Gasteiger partial charge in [0.25, 0.3) is 5.89 Å². The topological polar surface area (TPSA) is 60.2 Å². The Balaban J connectivity index is 1.60. The number of nitrogens with one attached hydrogen (secondary N) is 1. The predicted octanol–water partition coefficient (Wildman–Crippen LogP) is 4.11. The van der Waals surface area contributed by atoms with E-state index in [1.807, 2.05) is 35.7 Å². The van der Waals surface area contributed by atoms with Gasteiger partial charge in [-0.2, -0.15) is 4.98 Å². The quantitative estimate of drug-likeness (QED) is 0.742. The van der Waals surface area contributed by atoms with Crippen molar-refractivity contribution in [3.8, 4) is 16.5 Å². The fraction of sp³-hybridized carbons (Fsp3) is 0.143. The SMILES string of the molecule is Brc1csc(-c2noc(C3CNc4ccccc4O3)n2)c1. The van der Waals surface area contributed by atoms with Gasteiger partial charge < -0.3 is 14.6 Å². The molecule has 0 saturated heterocycles. The Kier molecular flexibility index (Phi) is 3.16. The minimum Gasteiger partial charge on any atom is -0.477 e. The van der Waals surface area contributed by atoms with Crippen molar-refractivity contribution >= 4 is 33.0 Å². The lowest BCUT2D eigenvalue weighted by atomic mass is 10.2. The normalized spacial score (nSPS) is 16.9. The first-order chi connectivity index (χ1) is 10.3. The van der Waals surface area contributed by atoms with Crippen LogP contribution in [0.25, 0.3) is 10.7 Å². The molecule has 1 aromatic carbocycles. The third kappa shape index (κ3) is 2.43. The lowest BCUT2D eigenvalue weighted by molar-refractivity contribution is 0.163. The lowest BCUT2D eigenvalue weighted by Gasteiger charge is -2.24. The number of hydrogen-bond donors (Lipinski definition) is 1. The van der Waals surface area contributed by atoms with E-state index >= 15 is 0 Å². The highest BCUT2D eigenvalue weighted by Gasteiger charge is 2.26. The number of fused-ring (bicyclic) bond motifs is 1. The molecule has 0 aliphatic carbocycles. The summed E-state index contributed by atoms with van der Waals surface area (Å²) in [6.07, 6.45) is -0.274. The van der Waals surface area contributed by atoms with Crippen LogP contribution in [0.3, 0.4) is 0 Å². The third-order valence-electron chi connectivity index (χ3n) is 3.14. The highest BCUT2D eigenvalue weighted by atomic mass is 79.9. The Morgan fingerprint density at radius 3 is 3.10 bits per heavy atom. The summed E-state index contributed by atoms with van der Waals surface area (Å²) in [5, 5.41) is 9.32. The lowest BCUT2D eigenvalue weighted by Crippen LogP contribution is -2.23. The highest BCUT2D eigenvalue weighted by molar-refractivity contribution is 9.10. The van der Waals surface area contributed by atoms with Crippen LogP contribution in [0.5, 0.6) is 5.75 Å². The summed E-state index contributed by atoms with van der Waals surface area (Å²) in [4.78, 5) is 5.40. The van der Waals surface area contributed by atoms with Gasteiger partial charge in [0.2, 0.25) is 5.82 Å². The van der Waals surface area contributed by atoms with Gasteiger partial charge in [0.1, 0.15) is 5.75 Å². The molecule has 0 bridgehead atoms. The van der Waals surface area contributed by atoms with Gasteiger partial charge in [-0.1, -0.05) is 17.3 Å². The van der Waals surface area contributed by atoms with E-state index in [1.165, 1.54) is 0 Å². The van der Waals surface area contributed by atoms with Gasteiger partial charge in [0.15, 0.2) is 6.10 Å². The second-order valence-corrected chi connectivity index (χ2v) is 6.40. The Bertz CT molecular complexity index is 786. The summed E-state index contributed by atoms with van der Waals surface area (Å²) in [7, 11) is 0. The monoisotopic (exact) mass is 363 g/mol. The fourth-order valence-corrected chi connectivity index (χ4v) is 3.50. The molecular weight excluding hydrogens is 354 g/mol. The number of hydrogen-bond acceptors (Lipinski definition) is 6. The zero-order valence-corrected chi connectivity index (χ0v) is 13.1. The molecule has 21 heavy (non-hydrogen) atoms. The molecule has 1 aliphatic rings. The van der Waals surface area contributed by atoms with Gasteiger partial charge >= 0.3 is 0 Å². The minimum atomic E-state index is -0.274. The summed E-state index contributed by atoms with van der Waals surface area (Å²) in [5.74, 6) is 1.87. The Labute approximate surface area is 133 Å². The minimum absolute atomic E-state index is 0.274. The number of ether oxygens (including phenoxy) is 1. The first kappa shape index (κ1) is 12.8. The van der Waals surface area contributed by atoms with E-state index in [0.29, 0.717) is 18.3 Å². The van der Waals surface area contributed by atoms with E-state index in [-0.39, 0.29) is 6.10 Å². The van der Waals surface area contributed by atoms with Crippen LogP contribution >= 0.6 is 27.3 Å². The molecule has 1 aliphatic heterocycles. The predicted molar refractivity (Wildman–Crippen MR) is 83.6 cm³/mol. The van der Waals surface area contributed by atoms with Crippen LogP contribution in [-0.4, -0.2) is 16.7 Å². The largest absolute Gasteiger partial charge is 0.477 e. The molecule has 3 aromatic rings. The maximum Gasteiger partial charge on any atom is 0.269 e. The van der Waals surface area contributed by atoms with Crippen LogP contribution in [-0.2, 0) is 0 Å². The molecule has 5 nitrogen and oxygen atoms in total. The number of aromatic nitrogens is 2. The molecule has 1 N–H and O–H groups in total. The van der Waals surface area contributed by atoms with Crippen LogP contribution in [0.1, 0.15) is 12.0 Å². The molecule has 3 heterocycles. The third-order valence-corrected chi connectivity index (χ3v) is 4.83. The average molecular weight is 364 g/mol. The summed E-state index contributed by atoms with van der Waals surface area (Å²) in [5.41, 5.74) is 0.982. The number of anilines is 1. The molecule has 1 atom stereocenters. The van der Waals surface area contributed by atoms with E-state index < -0.39 is 0 Å². The number of benzene rings is 1.